The number of aryl methyl sites for hydroxylation is 2. The molecule has 1 aromatic heterocycles. The van der Waals surface area contributed by atoms with Gasteiger partial charge >= 0.3 is 6.09 Å². The first kappa shape index (κ1) is 71.9. The third kappa shape index (κ3) is 16.2. The molecule has 0 spiro atoms. The Hall–Kier alpha value is -3.98. The minimum atomic E-state index is -2.10. The molecule has 496 valence electrons. The number of likely N-dealkylation sites (N-methyl/N-ethyl adjacent to an activating group) is 1. The number of Topliss-reactive ketones (excluding diaryl/α,β-unsaturated/α-hetero) is 1. The van der Waals surface area contributed by atoms with E-state index in [1.165, 1.54) is 55.1 Å². The average Bonchev–Trinajstić information content (AvgIpc) is 0.960. The maximum atomic E-state index is 14.3. The topological polar surface area (TPSA) is 324 Å². The Morgan fingerprint density at radius 3 is 2.26 bits per heavy atom. The number of ketones is 1. The molecule has 8 rings (SSSR count). The monoisotopic (exact) mass is 1430 g/mol. The van der Waals surface area contributed by atoms with Gasteiger partial charge < -0.3 is 92.8 Å². The lowest BCUT2D eigenvalue weighted by molar-refractivity contribution is -0.336. The number of hydrogen-bond donors (Lipinski definition) is 10. The Kier molecular flexibility index (Phi) is 25.9. The summed E-state index contributed by atoms with van der Waals surface area (Å²) >= 11 is 2.28. The molecular formula is C61H81IN4O21S3. The molecule has 4 saturated heterocycles. The lowest BCUT2D eigenvalue weighted by atomic mass is 9.75. The predicted molar refractivity (Wildman–Crippen MR) is 342 cm³/mol. The Balaban J connectivity index is 1.05. The first-order chi connectivity index (χ1) is 43.0. The number of aliphatic hydroxyl groups is 6. The summed E-state index contributed by atoms with van der Waals surface area (Å²) in [5.41, 5.74) is 3.38. The Labute approximate surface area is 548 Å². The Morgan fingerprint density at radius 1 is 0.878 bits per heavy atom. The number of aromatic nitrogens is 1. The summed E-state index contributed by atoms with van der Waals surface area (Å²) < 4.78 is 73.2. The van der Waals surface area contributed by atoms with Crippen molar-refractivity contribution in [3.63, 3.8) is 0 Å². The van der Waals surface area contributed by atoms with Gasteiger partial charge in [-0.1, -0.05) is 58.3 Å². The molecule has 6 aliphatic rings. The van der Waals surface area contributed by atoms with E-state index in [2.05, 4.69) is 44.8 Å². The van der Waals surface area contributed by atoms with Gasteiger partial charge in [-0.25, -0.2) is 4.79 Å². The number of benzene rings is 1. The zero-order valence-electron chi connectivity index (χ0n) is 51.9. The minimum absolute atomic E-state index is 0.0316. The minimum Gasteiger partial charge on any atom is -0.492 e. The van der Waals surface area contributed by atoms with Gasteiger partial charge in [0.05, 0.1) is 97.0 Å². The van der Waals surface area contributed by atoms with Gasteiger partial charge in [0.1, 0.15) is 41.7 Å². The van der Waals surface area contributed by atoms with Crippen molar-refractivity contribution in [2.75, 3.05) is 54.5 Å². The van der Waals surface area contributed by atoms with E-state index >= 15 is 0 Å². The maximum absolute atomic E-state index is 14.3. The van der Waals surface area contributed by atoms with Crippen molar-refractivity contribution in [2.45, 2.75) is 188 Å². The van der Waals surface area contributed by atoms with Crippen LogP contribution in [0, 0.1) is 48.0 Å². The molecule has 19 atom stereocenters. The molecule has 29 heteroatoms. The molecule has 4 fully saturated rings. The fourth-order valence-corrected chi connectivity index (χ4v) is 15.6. The van der Waals surface area contributed by atoms with Gasteiger partial charge in [0.25, 0.3) is 0 Å². The van der Waals surface area contributed by atoms with Crippen molar-refractivity contribution < 1.29 is 102 Å². The highest BCUT2D eigenvalue weighted by atomic mass is 127. The van der Waals surface area contributed by atoms with Crippen LogP contribution in [0.4, 0.5) is 4.79 Å². The van der Waals surface area contributed by atoms with Crippen LogP contribution in [-0.4, -0.2) is 222 Å². The summed E-state index contributed by atoms with van der Waals surface area (Å²) in [7, 11) is 9.82. The highest BCUT2D eigenvalue weighted by molar-refractivity contribution is 14.1. The number of aliphatic hydroxyl groups excluding tert-OH is 5. The summed E-state index contributed by atoms with van der Waals surface area (Å²) in [5.74, 6) is 11.5. The molecule has 9 N–H and O–H groups in total. The zero-order chi connectivity index (χ0) is 65.3. The van der Waals surface area contributed by atoms with Gasteiger partial charge in [-0.2, -0.15) is 16.8 Å². The predicted octanol–water partition coefficient (Wildman–Crippen LogP) is 3.62. The number of ether oxygens (including phenoxy) is 12. The number of rotatable bonds is 22. The van der Waals surface area contributed by atoms with E-state index in [4.69, 9.17) is 61.7 Å². The molecule has 5 heterocycles. The van der Waals surface area contributed by atoms with Crippen LogP contribution in [0.3, 0.4) is 0 Å². The third-order valence-electron chi connectivity index (χ3n) is 16.1. The van der Waals surface area contributed by atoms with Crippen LogP contribution in [0.15, 0.2) is 52.4 Å². The van der Waals surface area contributed by atoms with Gasteiger partial charge in [0.2, 0.25) is 12.0 Å². The average molecular weight is 1430 g/mol. The van der Waals surface area contributed by atoms with Crippen molar-refractivity contribution in [3.8, 4) is 40.9 Å². The molecule has 2 aliphatic carbocycles. The number of hydrogen-bond acceptors (Lipinski definition) is 25. The van der Waals surface area contributed by atoms with Crippen molar-refractivity contribution in [1.82, 2.24) is 21.1 Å². The van der Waals surface area contributed by atoms with Gasteiger partial charge in [0, 0.05) is 61.2 Å². The summed E-state index contributed by atoms with van der Waals surface area (Å²) in [6, 6.07) is -1.28. The van der Waals surface area contributed by atoms with Crippen LogP contribution in [0.2, 0.25) is 0 Å². The SMILES string of the molecule is CCN[C@H]1CO[C@@H](O[C@H]2[C@H](O[C@H]3C#CC=CC#C[C@]4(O)CC(=O)C(NC(=O)OC)=C3/C4=C\CSSc3c(C)cncc3C)O[C@H](C)[C@@H](NO[C@H]3C[C@H](O)[C@H]([SH]=C(O)c4c(C)c(I)c(O[C@@H]5O[C@@H](C)[C@H](O)[C@@H](OC)[C@H]5O)c(OC)c4OC)[C@@H](C)O3)[C@@H]2O)C[C@@H]1OC. The molecule has 2 aromatic rings. The Morgan fingerprint density at radius 2 is 1.59 bits per heavy atom. The van der Waals surface area contributed by atoms with Crippen molar-refractivity contribution in [3.05, 3.63) is 73.3 Å². The van der Waals surface area contributed by atoms with Crippen LogP contribution in [0.25, 0.3) is 0 Å². The molecule has 1 amide bonds. The number of methoxy groups -OCH3 is 5. The quantitative estimate of drug-likeness (QED) is 0.0153. The molecular weight excluding hydrogens is 1350 g/mol. The molecule has 0 unspecified atom stereocenters. The number of carbonyl (C=O) groups is 2. The summed E-state index contributed by atoms with van der Waals surface area (Å²) in [5, 5.41) is 75.7. The number of alkyl carbamates (subject to hydrolysis) is 1. The number of pyridine rings is 1. The molecule has 2 bridgehead atoms. The van der Waals surface area contributed by atoms with Gasteiger partial charge in [0.15, 0.2) is 41.8 Å². The van der Waals surface area contributed by atoms with Crippen LogP contribution >= 0.6 is 55.5 Å². The van der Waals surface area contributed by atoms with Gasteiger partial charge in [-0.3, -0.25) is 19.9 Å². The molecule has 90 heavy (non-hydrogen) atoms. The lowest BCUT2D eigenvalue weighted by Crippen LogP contribution is -2.65. The standard InChI is InChI=1S/C61H81IN4O21S3/c1-13-64-35-27-80-40(23-39(35)75-8)85-53-48(70)45(66-87-41-22-36(67)56(33(7)81-41)89-57(72)42-30(4)44(62)51(54(78-11)50(42)76-9)86-58-49(71)52(77-10)47(69)32(6)83-58)31(5)82-59(53)84-38-18-16-14-15-17-20-61(74)24-37(68)46(65-60(73)79-12)43(38)34(61)19-21-88-90-55-28(2)25-63-26-29(55)3/h14-15,19,25-26,31-33,35-36,38-41,45,47-49,52-53,56,58-59,64,66-67,69-72,74,89H,13,21-24,27H2,1-12H3,(H,65,73)/b15-14?,34-19+/t31-,32+,33-,35+,36+,38+,39+,40+,41+,45-,47+,48+,49-,52-,53-,56-,58+,59+,61+/m1/s1. The number of hydroxylamine groups is 1. The second kappa shape index (κ2) is 32.4. The lowest BCUT2D eigenvalue weighted by Gasteiger charge is -2.46. The number of halogens is 1. The summed E-state index contributed by atoms with van der Waals surface area (Å²) in [4.78, 5) is 38.9. The smallest absolute Gasteiger partial charge is 0.411 e. The summed E-state index contributed by atoms with van der Waals surface area (Å²) in [6.07, 6.45) is -10.2. The van der Waals surface area contributed by atoms with Crippen LogP contribution in [0.1, 0.15) is 69.2 Å². The number of carbonyl (C=O) groups excluding carboxylic acids is 2. The number of fused-ring (bicyclic) bond motifs is 2. The van der Waals surface area contributed by atoms with E-state index in [-0.39, 0.29) is 93.4 Å². The molecule has 0 saturated carbocycles. The van der Waals surface area contributed by atoms with Crippen LogP contribution < -0.4 is 30.3 Å². The fraction of sp³-hybridized carbons (Fsp3) is 0.607. The number of nitrogens with one attached hydrogen (secondary N) is 3. The number of thiol groups is 1. The number of amides is 1. The van der Waals surface area contributed by atoms with E-state index in [0.29, 0.717) is 15.7 Å². The molecule has 4 aliphatic heterocycles. The number of allylic oxidation sites excluding steroid dienone is 3. The fourth-order valence-electron chi connectivity index (χ4n) is 11.4. The number of nitrogens with zero attached hydrogens (tertiary/aromatic N) is 1. The normalized spacial score (nSPS) is 34.3. The molecule has 1 aromatic carbocycles. The largest absolute Gasteiger partial charge is 0.492 e. The Bertz CT molecular complexity index is 3120. The van der Waals surface area contributed by atoms with E-state index in [0.717, 1.165) is 23.1 Å². The molecule has 25 nitrogen and oxygen atoms in total. The van der Waals surface area contributed by atoms with E-state index in [1.807, 2.05) is 43.4 Å². The maximum Gasteiger partial charge on any atom is 0.411 e. The summed E-state index contributed by atoms with van der Waals surface area (Å²) in [6.45, 7) is 13.4. The van der Waals surface area contributed by atoms with E-state index in [9.17, 15) is 40.2 Å². The van der Waals surface area contributed by atoms with Crippen LogP contribution in [0.5, 0.6) is 17.2 Å². The van der Waals surface area contributed by atoms with E-state index < -0.39 is 121 Å². The van der Waals surface area contributed by atoms with Crippen LogP contribution in [-0.2, 0) is 52.3 Å². The van der Waals surface area contributed by atoms with Crippen molar-refractivity contribution >= 4 is 72.5 Å². The van der Waals surface area contributed by atoms with Gasteiger partial charge in [-0.15, -0.1) is 0 Å². The van der Waals surface area contributed by atoms with Crippen molar-refractivity contribution in [2.24, 2.45) is 0 Å². The highest BCUT2D eigenvalue weighted by Gasteiger charge is 2.52. The second-order valence-corrected chi connectivity index (χ2v) is 26.8. The van der Waals surface area contributed by atoms with E-state index in [1.54, 1.807) is 53.3 Å². The first-order valence-corrected chi connectivity index (χ1v) is 33.5. The van der Waals surface area contributed by atoms with Crippen molar-refractivity contribution in [1.29, 1.82) is 0 Å². The third-order valence-corrected chi connectivity index (χ3v) is 21.4. The zero-order valence-corrected chi connectivity index (χ0v) is 56.6. The highest BCUT2D eigenvalue weighted by Crippen LogP contribution is 2.48. The first-order valence-electron chi connectivity index (χ1n) is 29.2. The second-order valence-electron chi connectivity index (χ2n) is 22.1. The van der Waals surface area contributed by atoms with Gasteiger partial charge in [-0.05, 0) is 99.5 Å². The molecule has 0 radical (unpaired) electrons.